The fourth-order valence-corrected chi connectivity index (χ4v) is 3.53. The SMILES string of the molecule is CC1(C(N)=O)CCC(C(CCC2CC2)c2ccncc2)N1. The number of aromatic nitrogens is 1. The van der Waals surface area contributed by atoms with E-state index in [1.807, 2.05) is 19.3 Å². The van der Waals surface area contributed by atoms with Crippen molar-refractivity contribution in [2.75, 3.05) is 0 Å². The Kier molecular flexibility index (Phi) is 3.98. The van der Waals surface area contributed by atoms with Crippen LogP contribution in [-0.4, -0.2) is 22.5 Å². The maximum atomic E-state index is 11.7. The largest absolute Gasteiger partial charge is 0.368 e. The highest BCUT2D eigenvalue weighted by Crippen LogP contribution is 2.40. The normalized spacial score (nSPS) is 30.2. The summed E-state index contributed by atoms with van der Waals surface area (Å²) in [6.07, 6.45) is 10.8. The van der Waals surface area contributed by atoms with Crippen LogP contribution in [-0.2, 0) is 4.79 Å². The quantitative estimate of drug-likeness (QED) is 0.844. The molecule has 3 unspecified atom stereocenters. The summed E-state index contributed by atoms with van der Waals surface area (Å²) in [6.45, 7) is 1.93. The molecule has 3 atom stereocenters. The molecule has 21 heavy (non-hydrogen) atoms. The van der Waals surface area contributed by atoms with E-state index < -0.39 is 5.54 Å². The molecule has 1 amide bonds. The zero-order chi connectivity index (χ0) is 14.9. The molecular formula is C17H25N3O. The third-order valence-electron chi connectivity index (χ3n) is 5.21. The highest BCUT2D eigenvalue weighted by Gasteiger charge is 2.42. The molecule has 1 aliphatic heterocycles. The van der Waals surface area contributed by atoms with Gasteiger partial charge >= 0.3 is 0 Å². The van der Waals surface area contributed by atoms with Gasteiger partial charge in [0.05, 0.1) is 5.54 Å². The maximum absolute atomic E-state index is 11.7. The summed E-state index contributed by atoms with van der Waals surface area (Å²) in [5, 5.41) is 3.51. The summed E-state index contributed by atoms with van der Waals surface area (Å²) in [7, 11) is 0. The van der Waals surface area contributed by atoms with Crippen LogP contribution in [0.2, 0.25) is 0 Å². The van der Waals surface area contributed by atoms with Gasteiger partial charge < -0.3 is 11.1 Å². The van der Waals surface area contributed by atoms with Crippen molar-refractivity contribution in [2.45, 2.75) is 62.9 Å². The van der Waals surface area contributed by atoms with Crippen LogP contribution in [0.4, 0.5) is 0 Å². The molecule has 114 valence electrons. The number of rotatable bonds is 6. The van der Waals surface area contributed by atoms with Crippen LogP contribution in [0.15, 0.2) is 24.5 Å². The zero-order valence-corrected chi connectivity index (χ0v) is 12.7. The van der Waals surface area contributed by atoms with Crippen molar-refractivity contribution in [1.29, 1.82) is 0 Å². The van der Waals surface area contributed by atoms with Crippen LogP contribution in [0, 0.1) is 5.92 Å². The van der Waals surface area contributed by atoms with E-state index in [2.05, 4.69) is 22.4 Å². The number of carbonyl (C=O) groups excluding carboxylic acids is 1. The number of nitrogens with one attached hydrogen (secondary N) is 1. The number of nitrogens with zero attached hydrogens (tertiary/aromatic N) is 1. The van der Waals surface area contributed by atoms with Crippen LogP contribution in [0.3, 0.4) is 0 Å². The lowest BCUT2D eigenvalue weighted by Crippen LogP contribution is -2.51. The number of amides is 1. The lowest BCUT2D eigenvalue weighted by molar-refractivity contribution is -0.123. The summed E-state index contributed by atoms with van der Waals surface area (Å²) in [5.74, 6) is 1.15. The summed E-state index contributed by atoms with van der Waals surface area (Å²) < 4.78 is 0. The second-order valence-corrected chi connectivity index (χ2v) is 6.89. The van der Waals surface area contributed by atoms with Crippen LogP contribution in [0.25, 0.3) is 0 Å². The van der Waals surface area contributed by atoms with E-state index in [9.17, 15) is 4.79 Å². The van der Waals surface area contributed by atoms with Crippen LogP contribution < -0.4 is 11.1 Å². The van der Waals surface area contributed by atoms with Gasteiger partial charge in [-0.15, -0.1) is 0 Å². The molecule has 1 aromatic rings. The second kappa shape index (κ2) is 5.76. The molecule has 0 aromatic carbocycles. The van der Waals surface area contributed by atoms with Gasteiger partial charge in [0, 0.05) is 18.4 Å². The van der Waals surface area contributed by atoms with Gasteiger partial charge in [0.1, 0.15) is 0 Å². The first kappa shape index (κ1) is 14.5. The van der Waals surface area contributed by atoms with Crippen molar-refractivity contribution in [3.05, 3.63) is 30.1 Å². The molecule has 4 nitrogen and oxygen atoms in total. The van der Waals surface area contributed by atoms with Gasteiger partial charge in [-0.05, 0) is 62.1 Å². The van der Waals surface area contributed by atoms with E-state index in [4.69, 9.17) is 5.73 Å². The molecule has 0 bridgehead atoms. The molecule has 3 N–H and O–H groups in total. The molecule has 4 heteroatoms. The number of hydrogen-bond donors (Lipinski definition) is 2. The van der Waals surface area contributed by atoms with E-state index >= 15 is 0 Å². The molecule has 1 saturated carbocycles. The first-order chi connectivity index (χ1) is 10.1. The third kappa shape index (κ3) is 3.26. The summed E-state index contributed by atoms with van der Waals surface area (Å²) in [5.41, 5.74) is 6.34. The Bertz CT molecular complexity index is 500. The molecule has 2 heterocycles. The van der Waals surface area contributed by atoms with Crippen molar-refractivity contribution in [2.24, 2.45) is 11.7 Å². The number of pyridine rings is 1. The Balaban J connectivity index is 1.74. The molecule has 1 aromatic heterocycles. The number of hydrogen-bond acceptors (Lipinski definition) is 3. The minimum Gasteiger partial charge on any atom is -0.368 e. The van der Waals surface area contributed by atoms with E-state index in [1.54, 1.807) is 0 Å². The van der Waals surface area contributed by atoms with Gasteiger partial charge in [-0.2, -0.15) is 0 Å². The van der Waals surface area contributed by atoms with E-state index in [1.165, 1.54) is 31.2 Å². The lowest BCUT2D eigenvalue weighted by atomic mass is 9.86. The smallest absolute Gasteiger partial charge is 0.237 e. The fourth-order valence-electron chi connectivity index (χ4n) is 3.53. The maximum Gasteiger partial charge on any atom is 0.237 e. The fraction of sp³-hybridized carbons (Fsp3) is 0.647. The Morgan fingerprint density at radius 3 is 2.71 bits per heavy atom. The molecule has 0 radical (unpaired) electrons. The summed E-state index contributed by atoms with van der Waals surface area (Å²) >= 11 is 0. The van der Waals surface area contributed by atoms with Gasteiger partial charge in [-0.3, -0.25) is 9.78 Å². The van der Waals surface area contributed by atoms with Crippen molar-refractivity contribution < 1.29 is 4.79 Å². The number of primary amides is 1. The summed E-state index contributed by atoms with van der Waals surface area (Å²) in [4.78, 5) is 15.8. The topological polar surface area (TPSA) is 68.0 Å². The molecule has 2 fully saturated rings. The van der Waals surface area contributed by atoms with Gasteiger partial charge in [0.25, 0.3) is 0 Å². The highest BCUT2D eigenvalue weighted by atomic mass is 16.1. The molecular weight excluding hydrogens is 262 g/mol. The van der Waals surface area contributed by atoms with Crippen molar-refractivity contribution in [1.82, 2.24) is 10.3 Å². The van der Waals surface area contributed by atoms with Gasteiger partial charge in [-0.25, -0.2) is 0 Å². The Morgan fingerprint density at radius 1 is 1.43 bits per heavy atom. The van der Waals surface area contributed by atoms with Gasteiger partial charge in [0.15, 0.2) is 0 Å². The Morgan fingerprint density at radius 2 is 2.14 bits per heavy atom. The van der Waals surface area contributed by atoms with Crippen molar-refractivity contribution in [3.63, 3.8) is 0 Å². The van der Waals surface area contributed by atoms with Crippen molar-refractivity contribution >= 4 is 5.91 Å². The van der Waals surface area contributed by atoms with Gasteiger partial charge in [0.2, 0.25) is 5.91 Å². The number of carbonyl (C=O) groups is 1. The Hall–Kier alpha value is -1.42. The molecule has 1 saturated heterocycles. The minimum absolute atomic E-state index is 0.235. The third-order valence-corrected chi connectivity index (χ3v) is 5.21. The monoisotopic (exact) mass is 287 g/mol. The average molecular weight is 287 g/mol. The first-order valence-corrected chi connectivity index (χ1v) is 8.06. The molecule has 2 aliphatic rings. The van der Waals surface area contributed by atoms with Gasteiger partial charge in [-0.1, -0.05) is 12.8 Å². The standard InChI is InChI=1S/C17H25N3O/c1-17(16(18)21)9-6-15(20-17)14(5-4-12-2-3-12)13-7-10-19-11-8-13/h7-8,10-12,14-15,20H,2-6,9H2,1H3,(H2,18,21). The zero-order valence-electron chi connectivity index (χ0n) is 12.7. The second-order valence-electron chi connectivity index (χ2n) is 6.89. The minimum atomic E-state index is -0.546. The Labute approximate surface area is 126 Å². The number of nitrogens with two attached hydrogens (primary N) is 1. The first-order valence-electron chi connectivity index (χ1n) is 8.06. The lowest BCUT2D eigenvalue weighted by Gasteiger charge is -2.28. The van der Waals surface area contributed by atoms with E-state index in [-0.39, 0.29) is 5.91 Å². The predicted octanol–water partition coefficient (Wildman–Crippen LogP) is 2.35. The van der Waals surface area contributed by atoms with E-state index in [0.717, 1.165) is 18.8 Å². The van der Waals surface area contributed by atoms with Crippen LogP contribution in [0.5, 0.6) is 0 Å². The molecule has 0 spiro atoms. The van der Waals surface area contributed by atoms with E-state index in [0.29, 0.717) is 12.0 Å². The predicted molar refractivity (Wildman–Crippen MR) is 82.7 cm³/mol. The average Bonchev–Trinajstić information content (AvgIpc) is 3.22. The summed E-state index contributed by atoms with van der Waals surface area (Å²) in [6, 6.07) is 4.56. The molecule has 1 aliphatic carbocycles. The van der Waals surface area contributed by atoms with Crippen LogP contribution in [0.1, 0.15) is 56.9 Å². The van der Waals surface area contributed by atoms with Crippen LogP contribution >= 0.6 is 0 Å². The molecule has 3 rings (SSSR count). The highest BCUT2D eigenvalue weighted by molar-refractivity contribution is 5.84. The van der Waals surface area contributed by atoms with Crippen molar-refractivity contribution in [3.8, 4) is 0 Å².